The number of ketones is 1. The lowest BCUT2D eigenvalue weighted by Crippen LogP contribution is -2.26. The minimum Gasteiger partial charge on any atom is -0.467 e. The van der Waals surface area contributed by atoms with Crippen LogP contribution in [0, 0.1) is 5.92 Å². The Kier molecular flexibility index (Phi) is 2.78. The molecule has 1 atom stereocenters. The lowest BCUT2D eigenvalue weighted by Gasteiger charge is -2.12. The molecule has 1 aliphatic rings. The molecule has 2 N–H and O–H groups in total. The van der Waals surface area contributed by atoms with Gasteiger partial charge in [-0.1, -0.05) is 13.8 Å². The highest BCUT2D eigenvalue weighted by molar-refractivity contribution is 6.20. The molecule has 0 aromatic carbocycles. The highest BCUT2D eigenvalue weighted by Crippen LogP contribution is 2.24. The molecule has 0 amide bonds. The van der Waals surface area contributed by atoms with Crippen molar-refractivity contribution in [2.75, 3.05) is 7.11 Å². The van der Waals surface area contributed by atoms with E-state index in [-0.39, 0.29) is 17.4 Å². The largest absolute Gasteiger partial charge is 0.467 e. The summed E-state index contributed by atoms with van der Waals surface area (Å²) in [6.45, 7) is 3.63. The van der Waals surface area contributed by atoms with E-state index in [4.69, 9.17) is 10.5 Å². The molecule has 0 saturated heterocycles. The summed E-state index contributed by atoms with van der Waals surface area (Å²) in [5.74, 6) is -1.30. The maximum absolute atomic E-state index is 11.6. The van der Waals surface area contributed by atoms with Crippen LogP contribution in [0.15, 0.2) is 11.5 Å². The molecule has 1 rings (SSSR count). The van der Waals surface area contributed by atoms with Gasteiger partial charge in [-0.05, 0) is 5.92 Å². The quantitative estimate of drug-likeness (QED) is 0.498. The third-order valence-electron chi connectivity index (χ3n) is 2.00. The molecular formula is C9H13NO4. The van der Waals surface area contributed by atoms with Gasteiger partial charge in [0, 0.05) is 0 Å². The van der Waals surface area contributed by atoms with E-state index in [0.717, 1.165) is 0 Å². The van der Waals surface area contributed by atoms with E-state index in [1.54, 1.807) is 0 Å². The van der Waals surface area contributed by atoms with Crippen LogP contribution in [-0.4, -0.2) is 25.0 Å². The number of nitrogens with two attached hydrogens (primary N) is 1. The first-order valence-electron chi connectivity index (χ1n) is 4.28. The average molecular weight is 199 g/mol. The van der Waals surface area contributed by atoms with E-state index >= 15 is 0 Å². The van der Waals surface area contributed by atoms with E-state index in [9.17, 15) is 9.59 Å². The number of carbonyl (C=O) groups is 2. The van der Waals surface area contributed by atoms with Crippen molar-refractivity contribution in [2.24, 2.45) is 11.7 Å². The highest BCUT2D eigenvalue weighted by Gasteiger charge is 2.40. The second-order valence-electron chi connectivity index (χ2n) is 3.38. The zero-order valence-electron chi connectivity index (χ0n) is 8.37. The predicted molar refractivity (Wildman–Crippen MR) is 47.9 cm³/mol. The average Bonchev–Trinajstić information content (AvgIpc) is 2.41. The van der Waals surface area contributed by atoms with Gasteiger partial charge in [0.25, 0.3) is 0 Å². The third kappa shape index (κ3) is 1.57. The lowest BCUT2D eigenvalue weighted by molar-refractivity contribution is -0.138. The summed E-state index contributed by atoms with van der Waals surface area (Å²) >= 11 is 0. The Morgan fingerprint density at radius 1 is 1.57 bits per heavy atom. The first-order valence-corrected chi connectivity index (χ1v) is 4.28. The van der Waals surface area contributed by atoms with Crippen molar-refractivity contribution in [3.05, 3.63) is 11.5 Å². The normalized spacial score (nSPS) is 21.4. The van der Waals surface area contributed by atoms with E-state index in [0.29, 0.717) is 0 Å². The minimum atomic E-state index is -0.740. The molecule has 1 aliphatic heterocycles. The molecule has 0 radical (unpaired) electrons. The van der Waals surface area contributed by atoms with Crippen LogP contribution < -0.4 is 5.73 Å². The standard InChI is InChI=1S/C9H13NO4/c1-4(2)7-6(11)5(8(10)14-7)9(12)13-3/h4,7H,10H2,1-3H3. The third-order valence-corrected chi connectivity index (χ3v) is 2.00. The fraction of sp³-hybridized carbons (Fsp3) is 0.556. The summed E-state index contributed by atoms with van der Waals surface area (Å²) in [6.07, 6.45) is -0.663. The number of rotatable bonds is 2. The minimum absolute atomic E-state index is 0.0248. The molecule has 0 aliphatic carbocycles. The van der Waals surface area contributed by atoms with Crippen LogP contribution in [0.1, 0.15) is 13.8 Å². The molecule has 0 fully saturated rings. The van der Waals surface area contributed by atoms with Gasteiger partial charge in [-0.3, -0.25) is 4.79 Å². The van der Waals surface area contributed by atoms with Gasteiger partial charge in [0.1, 0.15) is 0 Å². The first kappa shape index (κ1) is 10.6. The van der Waals surface area contributed by atoms with Gasteiger partial charge in [-0.25, -0.2) is 4.79 Å². The molecule has 0 aromatic rings. The summed E-state index contributed by atoms with van der Waals surface area (Å²) in [6, 6.07) is 0. The summed E-state index contributed by atoms with van der Waals surface area (Å²) in [7, 11) is 1.19. The smallest absolute Gasteiger partial charge is 0.347 e. The number of hydrogen-bond acceptors (Lipinski definition) is 5. The summed E-state index contributed by atoms with van der Waals surface area (Å²) < 4.78 is 9.50. The second-order valence-corrected chi connectivity index (χ2v) is 3.38. The maximum atomic E-state index is 11.6. The van der Waals surface area contributed by atoms with Crippen LogP contribution in [0.5, 0.6) is 0 Å². The van der Waals surface area contributed by atoms with Gasteiger partial charge in [-0.15, -0.1) is 0 Å². The van der Waals surface area contributed by atoms with Gasteiger partial charge < -0.3 is 15.2 Å². The number of hydrogen-bond donors (Lipinski definition) is 1. The Hall–Kier alpha value is -1.52. The fourth-order valence-corrected chi connectivity index (χ4v) is 1.25. The molecule has 5 heteroatoms. The van der Waals surface area contributed by atoms with Gasteiger partial charge in [0.2, 0.25) is 11.7 Å². The van der Waals surface area contributed by atoms with E-state index in [1.165, 1.54) is 7.11 Å². The lowest BCUT2D eigenvalue weighted by atomic mass is 10.0. The number of esters is 1. The maximum Gasteiger partial charge on any atom is 0.347 e. The van der Waals surface area contributed by atoms with Gasteiger partial charge in [-0.2, -0.15) is 0 Å². The van der Waals surface area contributed by atoms with E-state index in [2.05, 4.69) is 4.74 Å². The second kappa shape index (κ2) is 3.69. The molecule has 14 heavy (non-hydrogen) atoms. The van der Waals surface area contributed by atoms with Crippen molar-refractivity contribution in [1.82, 2.24) is 0 Å². The Morgan fingerprint density at radius 2 is 2.14 bits per heavy atom. The van der Waals surface area contributed by atoms with Crippen molar-refractivity contribution < 1.29 is 19.1 Å². The SMILES string of the molecule is COC(=O)C1=C(N)OC(C(C)C)C1=O. The Balaban J connectivity index is 2.93. The molecule has 1 unspecified atom stereocenters. The summed E-state index contributed by atoms with van der Waals surface area (Å²) in [4.78, 5) is 22.7. The number of carbonyl (C=O) groups excluding carboxylic acids is 2. The number of methoxy groups -OCH3 is 1. The van der Waals surface area contributed by atoms with Crippen LogP contribution in [-0.2, 0) is 19.1 Å². The molecular weight excluding hydrogens is 186 g/mol. The Morgan fingerprint density at radius 3 is 2.50 bits per heavy atom. The molecule has 1 heterocycles. The predicted octanol–water partition coefficient (Wildman–Crippen LogP) is -0.0464. The van der Waals surface area contributed by atoms with Crippen molar-refractivity contribution in [3.8, 4) is 0 Å². The van der Waals surface area contributed by atoms with Crippen LogP contribution >= 0.6 is 0 Å². The monoisotopic (exact) mass is 199 g/mol. The van der Waals surface area contributed by atoms with Gasteiger partial charge >= 0.3 is 5.97 Å². The van der Waals surface area contributed by atoms with Crippen molar-refractivity contribution in [1.29, 1.82) is 0 Å². The summed E-state index contributed by atoms with van der Waals surface area (Å²) in [5.41, 5.74) is 5.24. The topological polar surface area (TPSA) is 78.6 Å². The molecule has 0 saturated carbocycles. The highest BCUT2D eigenvalue weighted by atomic mass is 16.5. The Labute approximate surface area is 81.9 Å². The molecule has 78 valence electrons. The van der Waals surface area contributed by atoms with Crippen molar-refractivity contribution in [2.45, 2.75) is 20.0 Å². The van der Waals surface area contributed by atoms with E-state index in [1.807, 2.05) is 13.8 Å². The van der Waals surface area contributed by atoms with Crippen LogP contribution in [0.4, 0.5) is 0 Å². The Bertz CT molecular complexity index is 306. The molecule has 5 nitrogen and oxygen atoms in total. The fourth-order valence-electron chi connectivity index (χ4n) is 1.25. The molecule has 0 bridgehead atoms. The summed E-state index contributed by atoms with van der Waals surface area (Å²) in [5, 5.41) is 0. The van der Waals surface area contributed by atoms with Crippen molar-refractivity contribution >= 4 is 11.8 Å². The molecule has 0 spiro atoms. The van der Waals surface area contributed by atoms with Gasteiger partial charge in [0.05, 0.1) is 7.11 Å². The van der Waals surface area contributed by atoms with Crippen molar-refractivity contribution in [3.63, 3.8) is 0 Å². The van der Waals surface area contributed by atoms with Crippen LogP contribution in [0.2, 0.25) is 0 Å². The number of Topliss-reactive ketones (excluding diaryl/α,β-unsaturated/α-hetero) is 1. The van der Waals surface area contributed by atoms with Gasteiger partial charge in [0.15, 0.2) is 11.7 Å². The zero-order chi connectivity index (χ0) is 10.9. The van der Waals surface area contributed by atoms with Crippen LogP contribution in [0.25, 0.3) is 0 Å². The number of ether oxygens (including phenoxy) is 2. The van der Waals surface area contributed by atoms with Crippen LogP contribution in [0.3, 0.4) is 0 Å². The molecule has 0 aromatic heterocycles. The first-order chi connectivity index (χ1) is 6.49. The van der Waals surface area contributed by atoms with E-state index < -0.39 is 17.9 Å². The zero-order valence-corrected chi connectivity index (χ0v) is 8.37.